The molecule has 0 saturated heterocycles. The first-order valence-electron chi connectivity index (χ1n) is 12.6. The third-order valence-electron chi connectivity index (χ3n) is 6.32. The second-order valence-electron chi connectivity index (χ2n) is 9.38. The van der Waals surface area contributed by atoms with Crippen LogP contribution in [0.3, 0.4) is 0 Å². The standard InChI is InChI=1S/C34H26N2S2/c1-23-3-7-25(8-4-23)11-13-27-15-17-29-31(21-27)37-33(35-29)19-20-34-36-30-18-16-28(22-32(30)38-34)14-12-26-9-5-24(2)6-10-26/h3-22H,1-2H3. The largest absolute Gasteiger partial charge is 0.237 e. The van der Waals surface area contributed by atoms with Gasteiger partial charge in [0, 0.05) is 0 Å². The number of hydrogen-bond acceptors (Lipinski definition) is 4. The molecule has 0 saturated carbocycles. The van der Waals surface area contributed by atoms with E-state index in [1.54, 1.807) is 22.7 Å². The zero-order valence-electron chi connectivity index (χ0n) is 21.3. The van der Waals surface area contributed by atoms with Crippen LogP contribution in [0, 0.1) is 13.8 Å². The third-order valence-corrected chi connectivity index (χ3v) is 8.28. The number of hydrogen-bond donors (Lipinski definition) is 0. The van der Waals surface area contributed by atoms with Gasteiger partial charge in [-0.2, -0.15) is 0 Å². The number of rotatable bonds is 6. The van der Waals surface area contributed by atoms with Crippen molar-refractivity contribution in [2.24, 2.45) is 0 Å². The molecule has 4 heteroatoms. The summed E-state index contributed by atoms with van der Waals surface area (Å²) in [5.74, 6) is 0. The summed E-state index contributed by atoms with van der Waals surface area (Å²) in [7, 11) is 0. The predicted octanol–water partition coefficient (Wildman–Crippen LogP) is 10.0. The lowest BCUT2D eigenvalue weighted by Gasteiger charge is -1.96. The van der Waals surface area contributed by atoms with Crippen LogP contribution in [0.15, 0.2) is 84.9 Å². The molecule has 38 heavy (non-hydrogen) atoms. The van der Waals surface area contributed by atoms with E-state index in [9.17, 15) is 0 Å². The summed E-state index contributed by atoms with van der Waals surface area (Å²) in [6.45, 7) is 4.21. The summed E-state index contributed by atoms with van der Waals surface area (Å²) in [6.07, 6.45) is 12.8. The van der Waals surface area contributed by atoms with E-state index >= 15 is 0 Å². The minimum atomic E-state index is 0.987. The van der Waals surface area contributed by atoms with Gasteiger partial charge < -0.3 is 0 Å². The summed E-state index contributed by atoms with van der Waals surface area (Å²) in [6, 6.07) is 30.0. The summed E-state index contributed by atoms with van der Waals surface area (Å²) < 4.78 is 2.37. The Balaban J connectivity index is 1.17. The van der Waals surface area contributed by atoms with Gasteiger partial charge in [-0.1, -0.05) is 96.1 Å². The van der Waals surface area contributed by atoms with Gasteiger partial charge in [-0.25, -0.2) is 9.97 Å². The van der Waals surface area contributed by atoms with Crippen molar-refractivity contribution >= 4 is 79.6 Å². The lowest BCUT2D eigenvalue weighted by atomic mass is 10.1. The first kappa shape index (κ1) is 24.2. The van der Waals surface area contributed by atoms with Crippen LogP contribution in [0.25, 0.3) is 56.9 Å². The fraction of sp³-hybridized carbons (Fsp3) is 0.0588. The van der Waals surface area contributed by atoms with Gasteiger partial charge in [0.05, 0.1) is 20.4 Å². The van der Waals surface area contributed by atoms with E-state index in [2.05, 4.69) is 135 Å². The summed E-state index contributed by atoms with van der Waals surface area (Å²) in [5.41, 5.74) is 9.35. The van der Waals surface area contributed by atoms with Crippen molar-refractivity contribution in [3.63, 3.8) is 0 Å². The number of aromatic nitrogens is 2. The lowest BCUT2D eigenvalue weighted by Crippen LogP contribution is -1.75. The molecule has 0 unspecified atom stereocenters. The van der Waals surface area contributed by atoms with Gasteiger partial charge in [-0.3, -0.25) is 0 Å². The second kappa shape index (κ2) is 10.7. The van der Waals surface area contributed by atoms with Crippen molar-refractivity contribution in [1.29, 1.82) is 0 Å². The molecule has 0 aliphatic carbocycles. The number of fused-ring (bicyclic) bond motifs is 2. The van der Waals surface area contributed by atoms with Gasteiger partial charge in [-0.15, -0.1) is 22.7 Å². The molecule has 184 valence electrons. The van der Waals surface area contributed by atoms with Crippen molar-refractivity contribution in [1.82, 2.24) is 9.97 Å². The van der Waals surface area contributed by atoms with Gasteiger partial charge in [0.15, 0.2) is 0 Å². The van der Waals surface area contributed by atoms with Crippen LogP contribution in [-0.2, 0) is 0 Å². The van der Waals surface area contributed by atoms with Gasteiger partial charge in [0.1, 0.15) is 10.0 Å². The molecular formula is C34H26N2S2. The smallest absolute Gasteiger partial charge is 0.117 e. The highest BCUT2D eigenvalue weighted by molar-refractivity contribution is 7.20. The van der Waals surface area contributed by atoms with Crippen molar-refractivity contribution in [2.75, 3.05) is 0 Å². The molecule has 6 rings (SSSR count). The molecule has 2 aromatic heterocycles. The van der Waals surface area contributed by atoms with Gasteiger partial charge in [0.2, 0.25) is 0 Å². The second-order valence-corrected chi connectivity index (χ2v) is 11.5. The van der Waals surface area contributed by atoms with Crippen molar-refractivity contribution < 1.29 is 0 Å². The fourth-order valence-corrected chi connectivity index (χ4v) is 5.99. The van der Waals surface area contributed by atoms with E-state index in [-0.39, 0.29) is 0 Å². The Bertz CT molecular complexity index is 1680. The molecule has 2 nitrogen and oxygen atoms in total. The van der Waals surface area contributed by atoms with Gasteiger partial charge in [0.25, 0.3) is 0 Å². The van der Waals surface area contributed by atoms with Crippen LogP contribution in [0.5, 0.6) is 0 Å². The zero-order valence-corrected chi connectivity index (χ0v) is 22.9. The Morgan fingerprint density at radius 2 is 0.816 bits per heavy atom. The highest BCUT2D eigenvalue weighted by atomic mass is 32.1. The van der Waals surface area contributed by atoms with E-state index < -0.39 is 0 Å². The highest BCUT2D eigenvalue weighted by Crippen LogP contribution is 2.28. The number of thiazole rings is 2. The average molecular weight is 527 g/mol. The van der Waals surface area contributed by atoms with E-state index in [0.29, 0.717) is 0 Å². The van der Waals surface area contributed by atoms with E-state index in [1.807, 2.05) is 0 Å². The predicted molar refractivity (Wildman–Crippen MR) is 168 cm³/mol. The first-order chi connectivity index (χ1) is 18.6. The molecule has 6 aromatic rings. The van der Waals surface area contributed by atoms with Crippen molar-refractivity contribution in [3.8, 4) is 0 Å². The molecule has 0 radical (unpaired) electrons. The third kappa shape index (κ3) is 5.72. The Hall–Kier alpha value is -4.12. The molecule has 0 N–H and O–H groups in total. The van der Waals surface area contributed by atoms with Crippen LogP contribution in [0.4, 0.5) is 0 Å². The van der Waals surface area contributed by atoms with Crippen LogP contribution < -0.4 is 0 Å². The molecule has 0 amide bonds. The maximum Gasteiger partial charge on any atom is 0.117 e. The maximum absolute atomic E-state index is 4.80. The Labute approximate surface area is 231 Å². The van der Waals surface area contributed by atoms with Gasteiger partial charge >= 0.3 is 0 Å². The van der Waals surface area contributed by atoms with E-state index in [1.165, 1.54) is 42.8 Å². The molecule has 0 aliphatic rings. The molecule has 4 aromatic carbocycles. The fourth-order valence-electron chi connectivity index (χ4n) is 4.15. The van der Waals surface area contributed by atoms with E-state index in [4.69, 9.17) is 9.97 Å². The summed E-state index contributed by atoms with van der Waals surface area (Å²) in [4.78, 5) is 9.60. The minimum absolute atomic E-state index is 0.987. The Morgan fingerprint density at radius 1 is 0.447 bits per heavy atom. The highest BCUT2D eigenvalue weighted by Gasteiger charge is 2.05. The molecule has 0 fully saturated rings. The maximum atomic E-state index is 4.80. The molecule has 2 heterocycles. The quantitative estimate of drug-likeness (QED) is 0.202. The molecule has 0 aliphatic heterocycles. The van der Waals surface area contributed by atoms with Crippen LogP contribution >= 0.6 is 22.7 Å². The Kier molecular flexibility index (Phi) is 6.82. The SMILES string of the molecule is Cc1ccc(C=Cc2ccc3nc(C=Cc4nc5ccc(C=Cc6ccc(C)cc6)cc5s4)sc3c2)cc1. The summed E-state index contributed by atoms with van der Waals surface area (Å²) >= 11 is 3.41. The van der Waals surface area contributed by atoms with Crippen LogP contribution in [-0.4, -0.2) is 9.97 Å². The van der Waals surface area contributed by atoms with Crippen molar-refractivity contribution in [3.05, 3.63) is 128 Å². The number of nitrogens with zero attached hydrogens (tertiary/aromatic N) is 2. The monoisotopic (exact) mass is 526 g/mol. The summed E-state index contributed by atoms with van der Waals surface area (Å²) in [5, 5.41) is 1.97. The topological polar surface area (TPSA) is 25.8 Å². The number of benzene rings is 4. The minimum Gasteiger partial charge on any atom is -0.237 e. The molecular weight excluding hydrogens is 501 g/mol. The normalized spacial score (nSPS) is 12.2. The van der Waals surface area contributed by atoms with Crippen molar-refractivity contribution in [2.45, 2.75) is 13.8 Å². The molecule has 0 spiro atoms. The Morgan fingerprint density at radius 3 is 1.24 bits per heavy atom. The average Bonchev–Trinajstić information content (AvgIpc) is 3.54. The van der Waals surface area contributed by atoms with Crippen LogP contribution in [0.2, 0.25) is 0 Å². The zero-order chi connectivity index (χ0) is 25.9. The first-order valence-corrected chi connectivity index (χ1v) is 14.2. The molecule has 0 bridgehead atoms. The van der Waals surface area contributed by atoms with E-state index in [0.717, 1.165) is 21.0 Å². The molecule has 0 atom stereocenters. The lowest BCUT2D eigenvalue weighted by molar-refractivity contribution is 1.45. The van der Waals surface area contributed by atoms with Crippen LogP contribution in [0.1, 0.15) is 43.4 Å². The number of aryl methyl sites for hydroxylation is 2. The van der Waals surface area contributed by atoms with Gasteiger partial charge in [-0.05, 0) is 72.5 Å².